The van der Waals surface area contributed by atoms with Crippen LogP contribution in [0.1, 0.15) is 32.6 Å². The lowest BCUT2D eigenvalue weighted by atomic mass is 9.97. The van der Waals surface area contributed by atoms with Crippen LogP contribution in [-0.4, -0.2) is 17.9 Å². The van der Waals surface area contributed by atoms with Crippen LogP contribution in [0, 0.1) is 5.92 Å². The zero-order valence-corrected chi connectivity index (χ0v) is 13.1. The highest BCUT2D eigenvalue weighted by Gasteiger charge is 2.31. The summed E-state index contributed by atoms with van der Waals surface area (Å²) in [4.78, 5) is 23.8. The third-order valence-electron chi connectivity index (χ3n) is 3.64. The minimum absolute atomic E-state index is 0.140. The molecule has 20 heavy (non-hydrogen) atoms. The van der Waals surface area contributed by atoms with E-state index in [1.807, 2.05) is 24.3 Å². The second-order valence-electron chi connectivity index (χ2n) is 5.19. The van der Waals surface area contributed by atoms with Gasteiger partial charge in [0.25, 0.3) is 0 Å². The number of anilines is 1. The maximum atomic E-state index is 12.4. The standard InChI is InChI=1S/C15H19BrN2O2/c1-10(19)17-14(11-6-2-3-7-11)15(20)18-13-9-5-4-8-12(13)16/h4-5,8-9,11,14H,2-3,6-7H2,1H3,(H,17,19)(H,18,20). The largest absolute Gasteiger partial charge is 0.344 e. The zero-order chi connectivity index (χ0) is 14.5. The van der Waals surface area contributed by atoms with E-state index in [4.69, 9.17) is 0 Å². The zero-order valence-electron chi connectivity index (χ0n) is 11.5. The molecule has 1 aromatic carbocycles. The van der Waals surface area contributed by atoms with Crippen LogP contribution in [0.25, 0.3) is 0 Å². The van der Waals surface area contributed by atoms with E-state index in [1.54, 1.807) is 0 Å². The molecule has 108 valence electrons. The molecule has 1 aliphatic rings. The molecule has 1 aliphatic carbocycles. The Morgan fingerprint density at radius 1 is 1.25 bits per heavy atom. The number of carbonyl (C=O) groups excluding carboxylic acids is 2. The third-order valence-corrected chi connectivity index (χ3v) is 4.34. The number of nitrogens with one attached hydrogen (secondary N) is 2. The number of para-hydroxylation sites is 1. The summed E-state index contributed by atoms with van der Waals surface area (Å²) in [6, 6.07) is 7.02. The Bertz CT molecular complexity index is 498. The van der Waals surface area contributed by atoms with E-state index < -0.39 is 6.04 Å². The van der Waals surface area contributed by atoms with Gasteiger partial charge >= 0.3 is 0 Å². The first-order chi connectivity index (χ1) is 9.58. The fraction of sp³-hybridized carbons (Fsp3) is 0.467. The second kappa shape index (κ2) is 6.88. The van der Waals surface area contributed by atoms with E-state index in [0.29, 0.717) is 0 Å². The molecule has 1 unspecified atom stereocenters. The van der Waals surface area contributed by atoms with Gasteiger partial charge in [0.05, 0.1) is 5.69 Å². The highest BCUT2D eigenvalue weighted by molar-refractivity contribution is 9.10. The average molecular weight is 339 g/mol. The summed E-state index contributed by atoms with van der Waals surface area (Å²) in [7, 11) is 0. The molecule has 0 saturated heterocycles. The summed E-state index contributed by atoms with van der Waals surface area (Å²) in [5.74, 6) is -0.0652. The van der Waals surface area contributed by atoms with Crippen molar-refractivity contribution in [3.63, 3.8) is 0 Å². The molecule has 1 saturated carbocycles. The van der Waals surface area contributed by atoms with E-state index in [9.17, 15) is 9.59 Å². The van der Waals surface area contributed by atoms with Crippen molar-refractivity contribution in [3.05, 3.63) is 28.7 Å². The smallest absolute Gasteiger partial charge is 0.247 e. The third kappa shape index (κ3) is 3.82. The first-order valence-electron chi connectivity index (χ1n) is 6.90. The number of carbonyl (C=O) groups is 2. The Labute approximate surface area is 127 Å². The quantitative estimate of drug-likeness (QED) is 0.886. The van der Waals surface area contributed by atoms with Gasteiger partial charge in [0, 0.05) is 11.4 Å². The van der Waals surface area contributed by atoms with Crippen LogP contribution in [0.5, 0.6) is 0 Å². The first kappa shape index (κ1) is 15.0. The lowest BCUT2D eigenvalue weighted by molar-refractivity contribution is -0.126. The molecule has 2 N–H and O–H groups in total. The van der Waals surface area contributed by atoms with E-state index in [0.717, 1.165) is 35.8 Å². The summed E-state index contributed by atoms with van der Waals surface area (Å²) in [6.45, 7) is 1.45. The van der Waals surface area contributed by atoms with Gasteiger partial charge in [-0.05, 0) is 46.8 Å². The molecule has 0 spiro atoms. The van der Waals surface area contributed by atoms with Crippen molar-refractivity contribution < 1.29 is 9.59 Å². The summed E-state index contributed by atoms with van der Waals surface area (Å²) >= 11 is 3.41. The average Bonchev–Trinajstić information content (AvgIpc) is 2.92. The molecule has 0 aromatic heterocycles. The van der Waals surface area contributed by atoms with Gasteiger partial charge in [-0.25, -0.2) is 0 Å². The van der Waals surface area contributed by atoms with Crippen LogP contribution in [0.15, 0.2) is 28.7 Å². The van der Waals surface area contributed by atoms with Crippen LogP contribution in [0.2, 0.25) is 0 Å². The van der Waals surface area contributed by atoms with Crippen molar-refractivity contribution in [2.45, 2.75) is 38.6 Å². The number of amides is 2. The Balaban J connectivity index is 2.09. The second-order valence-corrected chi connectivity index (χ2v) is 6.05. The maximum absolute atomic E-state index is 12.4. The van der Waals surface area contributed by atoms with Gasteiger partial charge < -0.3 is 10.6 Å². The van der Waals surface area contributed by atoms with Gasteiger partial charge in [0.1, 0.15) is 6.04 Å². The van der Waals surface area contributed by atoms with Crippen LogP contribution < -0.4 is 10.6 Å². The molecule has 1 fully saturated rings. The molecule has 2 rings (SSSR count). The Hall–Kier alpha value is -1.36. The van der Waals surface area contributed by atoms with Gasteiger partial charge in [-0.3, -0.25) is 9.59 Å². The predicted molar refractivity (Wildman–Crippen MR) is 82.3 cm³/mol. The molecule has 0 aliphatic heterocycles. The van der Waals surface area contributed by atoms with Crippen molar-refractivity contribution in [2.24, 2.45) is 5.92 Å². The monoisotopic (exact) mass is 338 g/mol. The van der Waals surface area contributed by atoms with Crippen LogP contribution in [0.3, 0.4) is 0 Å². The van der Waals surface area contributed by atoms with E-state index in [-0.39, 0.29) is 17.7 Å². The molecule has 1 atom stereocenters. The molecule has 1 aromatic rings. The molecule has 0 heterocycles. The Kier molecular flexibility index (Phi) is 5.17. The number of benzene rings is 1. The van der Waals surface area contributed by atoms with Crippen molar-refractivity contribution in [1.29, 1.82) is 0 Å². The Morgan fingerprint density at radius 3 is 2.50 bits per heavy atom. The van der Waals surface area contributed by atoms with Crippen LogP contribution >= 0.6 is 15.9 Å². The van der Waals surface area contributed by atoms with Gasteiger partial charge in [-0.2, -0.15) is 0 Å². The lowest BCUT2D eigenvalue weighted by Crippen LogP contribution is -2.47. The number of halogens is 1. The molecule has 5 heteroatoms. The molecule has 2 amide bonds. The van der Waals surface area contributed by atoms with E-state index >= 15 is 0 Å². The minimum Gasteiger partial charge on any atom is -0.344 e. The van der Waals surface area contributed by atoms with Crippen molar-refractivity contribution in [3.8, 4) is 0 Å². The number of hydrogen-bond donors (Lipinski definition) is 2. The molecule has 4 nitrogen and oxygen atoms in total. The molecule has 0 bridgehead atoms. The highest BCUT2D eigenvalue weighted by atomic mass is 79.9. The molecule has 0 radical (unpaired) electrons. The highest BCUT2D eigenvalue weighted by Crippen LogP contribution is 2.29. The van der Waals surface area contributed by atoms with Gasteiger partial charge in [0.2, 0.25) is 11.8 Å². The van der Waals surface area contributed by atoms with Crippen molar-refractivity contribution in [1.82, 2.24) is 5.32 Å². The lowest BCUT2D eigenvalue weighted by Gasteiger charge is -2.23. The molecular weight excluding hydrogens is 320 g/mol. The van der Waals surface area contributed by atoms with Crippen LogP contribution in [0.4, 0.5) is 5.69 Å². The van der Waals surface area contributed by atoms with Gasteiger partial charge in [0.15, 0.2) is 0 Å². The fourth-order valence-electron chi connectivity index (χ4n) is 2.68. The topological polar surface area (TPSA) is 58.2 Å². The fourth-order valence-corrected chi connectivity index (χ4v) is 3.06. The SMILES string of the molecule is CC(=O)NC(C(=O)Nc1ccccc1Br)C1CCCC1. The van der Waals surface area contributed by atoms with Crippen molar-refractivity contribution >= 4 is 33.4 Å². The first-order valence-corrected chi connectivity index (χ1v) is 7.69. The van der Waals surface area contributed by atoms with Gasteiger partial charge in [-0.15, -0.1) is 0 Å². The van der Waals surface area contributed by atoms with Gasteiger partial charge in [-0.1, -0.05) is 25.0 Å². The van der Waals surface area contributed by atoms with Crippen LogP contribution in [-0.2, 0) is 9.59 Å². The Morgan fingerprint density at radius 2 is 1.90 bits per heavy atom. The summed E-state index contributed by atoms with van der Waals surface area (Å²) in [5.41, 5.74) is 0.728. The summed E-state index contributed by atoms with van der Waals surface area (Å²) < 4.78 is 0.835. The summed E-state index contributed by atoms with van der Waals surface area (Å²) in [5, 5.41) is 5.69. The predicted octanol–water partition coefficient (Wildman–Crippen LogP) is 3.08. The number of rotatable bonds is 4. The molecular formula is C15H19BrN2O2. The van der Waals surface area contributed by atoms with Crippen molar-refractivity contribution in [2.75, 3.05) is 5.32 Å². The normalized spacial score (nSPS) is 16.7. The van der Waals surface area contributed by atoms with E-state index in [1.165, 1.54) is 6.92 Å². The number of hydrogen-bond acceptors (Lipinski definition) is 2. The summed E-state index contributed by atoms with van der Waals surface area (Å²) in [6.07, 6.45) is 4.24. The minimum atomic E-state index is -0.442. The van der Waals surface area contributed by atoms with E-state index in [2.05, 4.69) is 26.6 Å². The maximum Gasteiger partial charge on any atom is 0.247 e.